The Morgan fingerprint density at radius 1 is 1.40 bits per heavy atom. The van der Waals surface area contributed by atoms with E-state index in [0.717, 1.165) is 25.9 Å². The standard InChI is InChI=1S/C6H12B2N2/c1-9(7)6-2-4-10(8)5-3-6/h6H,2-5H2,1H3. The van der Waals surface area contributed by atoms with E-state index in [1.165, 1.54) is 0 Å². The Kier molecular flexibility index (Phi) is 2.81. The molecule has 0 amide bonds. The maximum Gasteiger partial charge on any atom is 0.182 e. The summed E-state index contributed by atoms with van der Waals surface area (Å²) in [6.45, 7) is 1.93. The molecule has 2 nitrogen and oxygen atoms in total. The summed E-state index contributed by atoms with van der Waals surface area (Å²) in [6, 6.07) is 0.528. The Bertz CT molecular complexity index is 99.9. The van der Waals surface area contributed by atoms with E-state index >= 15 is 0 Å². The summed E-state index contributed by atoms with van der Waals surface area (Å²) in [5.74, 6) is 0. The predicted octanol–water partition coefficient (Wildman–Crippen LogP) is -0.450. The fourth-order valence-corrected chi connectivity index (χ4v) is 1.29. The fraction of sp³-hybridized carbons (Fsp3) is 1.00. The third-order valence-electron chi connectivity index (χ3n) is 2.08. The molecule has 0 N–H and O–H groups in total. The van der Waals surface area contributed by atoms with Gasteiger partial charge in [0.2, 0.25) is 0 Å². The van der Waals surface area contributed by atoms with Crippen LogP contribution < -0.4 is 0 Å². The van der Waals surface area contributed by atoms with E-state index in [2.05, 4.69) is 0 Å². The maximum atomic E-state index is 5.59. The van der Waals surface area contributed by atoms with Gasteiger partial charge in [0.15, 0.2) is 16.0 Å². The Morgan fingerprint density at radius 3 is 2.30 bits per heavy atom. The molecule has 0 aliphatic carbocycles. The largest absolute Gasteiger partial charge is 0.353 e. The van der Waals surface area contributed by atoms with Crippen molar-refractivity contribution < 1.29 is 0 Å². The normalized spacial score (nSPS) is 23.8. The lowest BCUT2D eigenvalue weighted by Crippen LogP contribution is -2.41. The van der Waals surface area contributed by atoms with Crippen molar-refractivity contribution in [3.63, 3.8) is 0 Å². The van der Waals surface area contributed by atoms with E-state index in [1.54, 1.807) is 4.81 Å². The van der Waals surface area contributed by atoms with Gasteiger partial charge in [0, 0.05) is 6.04 Å². The van der Waals surface area contributed by atoms with Crippen molar-refractivity contribution >= 4 is 16.0 Å². The van der Waals surface area contributed by atoms with Gasteiger partial charge in [-0.25, -0.2) is 0 Å². The van der Waals surface area contributed by atoms with Crippen molar-refractivity contribution in [2.45, 2.75) is 18.9 Å². The van der Waals surface area contributed by atoms with Crippen LogP contribution in [-0.2, 0) is 0 Å². The maximum absolute atomic E-state index is 5.59. The quantitative estimate of drug-likeness (QED) is 0.448. The first-order valence-corrected chi connectivity index (χ1v) is 3.67. The first kappa shape index (κ1) is 8.15. The van der Waals surface area contributed by atoms with E-state index in [1.807, 2.05) is 11.9 Å². The predicted molar refractivity (Wildman–Crippen MR) is 43.9 cm³/mol. The Morgan fingerprint density at radius 2 is 1.90 bits per heavy atom. The molecular formula is C6H12B2N2. The zero-order valence-electron chi connectivity index (χ0n) is 6.45. The molecule has 0 saturated carbocycles. The van der Waals surface area contributed by atoms with Crippen molar-refractivity contribution in [1.82, 2.24) is 9.62 Å². The molecule has 1 aliphatic rings. The van der Waals surface area contributed by atoms with Crippen molar-refractivity contribution in [1.29, 1.82) is 0 Å². The molecule has 0 spiro atoms. The molecule has 4 radical (unpaired) electrons. The van der Waals surface area contributed by atoms with E-state index in [4.69, 9.17) is 16.0 Å². The van der Waals surface area contributed by atoms with Gasteiger partial charge >= 0.3 is 0 Å². The minimum Gasteiger partial charge on any atom is -0.353 e. The van der Waals surface area contributed by atoms with Gasteiger partial charge in [-0.3, -0.25) is 0 Å². The van der Waals surface area contributed by atoms with Crippen LogP contribution in [0.3, 0.4) is 0 Å². The Hall–Kier alpha value is 0.0499. The number of hydrogen-bond donors (Lipinski definition) is 0. The highest BCUT2D eigenvalue weighted by Gasteiger charge is 2.16. The second-order valence-corrected chi connectivity index (χ2v) is 2.93. The topological polar surface area (TPSA) is 6.48 Å². The third-order valence-corrected chi connectivity index (χ3v) is 2.08. The van der Waals surface area contributed by atoms with Gasteiger partial charge in [-0.2, -0.15) is 0 Å². The van der Waals surface area contributed by atoms with Gasteiger partial charge in [-0.15, -0.1) is 0 Å². The first-order chi connectivity index (χ1) is 4.70. The molecule has 0 aromatic carbocycles. The van der Waals surface area contributed by atoms with E-state index in [-0.39, 0.29) is 0 Å². The van der Waals surface area contributed by atoms with Crippen LogP contribution in [0.4, 0.5) is 0 Å². The zero-order chi connectivity index (χ0) is 7.56. The van der Waals surface area contributed by atoms with E-state index < -0.39 is 0 Å². The number of nitrogens with zero attached hydrogens (tertiary/aromatic N) is 2. The number of hydrogen-bond acceptors (Lipinski definition) is 2. The third kappa shape index (κ3) is 2.03. The minimum atomic E-state index is 0.528. The summed E-state index contributed by atoms with van der Waals surface area (Å²) in [4.78, 5) is 3.63. The zero-order valence-corrected chi connectivity index (χ0v) is 6.45. The monoisotopic (exact) mass is 134 g/mol. The van der Waals surface area contributed by atoms with Crippen molar-refractivity contribution in [3.05, 3.63) is 0 Å². The Balaban J connectivity index is 2.26. The van der Waals surface area contributed by atoms with Crippen LogP contribution in [0.25, 0.3) is 0 Å². The van der Waals surface area contributed by atoms with E-state index in [9.17, 15) is 0 Å². The van der Waals surface area contributed by atoms with E-state index in [0.29, 0.717) is 6.04 Å². The van der Waals surface area contributed by atoms with Gasteiger partial charge in [0.05, 0.1) is 0 Å². The first-order valence-electron chi connectivity index (χ1n) is 3.67. The average Bonchev–Trinajstić information content (AvgIpc) is 1.88. The summed E-state index contributed by atoms with van der Waals surface area (Å²) in [5.41, 5.74) is 0. The highest BCUT2D eigenvalue weighted by Crippen LogP contribution is 2.11. The molecule has 0 bridgehead atoms. The summed E-state index contributed by atoms with van der Waals surface area (Å²) < 4.78 is 0. The Labute approximate surface area is 65.4 Å². The minimum absolute atomic E-state index is 0.528. The van der Waals surface area contributed by atoms with Crippen LogP contribution in [0, 0.1) is 0 Å². The number of piperidine rings is 1. The molecule has 1 aliphatic heterocycles. The van der Waals surface area contributed by atoms with Crippen molar-refractivity contribution in [2.75, 3.05) is 20.1 Å². The summed E-state index contributed by atoms with van der Waals surface area (Å²) in [6.07, 6.45) is 2.17. The molecule has 1 fully saturated rings. The van der Waals surface area contributed by atoms with Crippen LogP contribution in [0.15, 0.2) is 0 Å². The van der Waals surface area contributed by atoms with Gasteiger partial charge < -0.3 is 9.62 Å². The molecule has 52 valence electrons. The molecule has 10 heavy (non-hydrogen) atoms. The molecule has 1 saturated heterocycles. The highest BCUT2D eigenvalue weighted by atomic mass is 15.1. The second kappa shape index (κ2) is 3.44. The lowest BCUT2D eigenvalue weighted by molar-refractivity contribution is 0.248. The van der Waals surface area contributed by atoms with Gasteiger partial charge in [0.1, 0.15) is 0 Å². The number of rotatable bonds is 1. The smallest absolute Gasteiger partial charge is 0.182 e. The SMILES string of the molecule is [B]N1CCC(N([B])C)CC1. The summed E-state index contributed by atoms with van der Waals surface area (Å²) in [7, 11) is 13.1. The fourth-order valence-electron chi connectivity index (χ4n) is 1.29. The summed E-state index contributed by atoms with van der Waals surface area (Å²) >= 11 is 0. The van der Waals surface area contributed by atoms with Crippen LogP contribution in [0.1, 0.15) is 12.8 Å². The average molecular weight is 134 g/mol. The molecule has 0 aromatic heterocycles. The lowest BCUT2D eigenvalue weighted by atomic mass is 9.99. The second-order valence-electron chi connectivity index (χ2n) is 2.93. The molecule has 0 unspecified atom stereocenters. The van der Waals surface area contributed by atoms with Crippen molar-refractivity contribution in [3.8, 4) is 0 Å². The van der Waals surface area contributed by atoms with Crippen LogP contribution in [0.2, 0.25) is 0 Å². The van der Waals surface area contributed by atoms with Gasteiger partial charge in [-0.1, -0.05) is 0 Å². The van der Waals surface area contributed by atoms with Gasteiger partial charge in [0.25, 0.3) is 0 Å². The van der Waals surface area contributed by atoms with Crippen LogP contribution in [0.5, 0.6) is 0 Å². The molecule has 0 atom stereocenters. The lowest BCUT2D eigenvalue weighted by Gasteiger charge is -2.33. The molecule has 1 rings (SSSR count). The summed E-state index contributed by atoms with van der Waals surface area (Å²) in [5, 5.41) is 0. The molecule has 0 aromatic rings. The molecular weight excluding hydrogens is 122 g/mol. The highest BCUT2D eigenvalue weighted by molar-refractivity contribution is 6.05. The molecule has 4 heteroatoms. The molecule has 1 heterocycles. The van der Waals surface area contributed by atoms with Gasteiger partial charge in [-0.05, 0) is 33.0 Å². The van der Waals surface area contributed by atoms with Crippen LogP contribution in [-0.4, -0.2) is 51.8 Å². The van der Waals surface area contributed by atoms with Crippen LogP contribution >= 0.6 is 0 Å². The van der Waals surface area contributed by atoms with Crippen molar-refractivity contribution in [2.24, 2.45) is 0 Å².